The summed E-state index contributed by atoms with van der Waals surface area (Å²) in [6.45, 7) is 4.99. The van der Waals surface area contributed by atoms with Crippen LogP contribution in [0, 0.1) is 5.92 Å². The highest BCUT2D eigenvalue weighted by molar-refractivity contribution is 7.98. The lowest BCUT2D eigenvalue weighted by Gasteiger charge is -2.26. The minimum atomic E-state index is -1.35. The van der Waals surface area contributed by atoms with Gasteiger partial charge in [-0.25, -0.2) is 4.79 Å². The summed E-state index contributed by atoms with van der Waals surface area (Å²) >= 11 is 1.45. The molecule has 0 saturated heterocycles. The van der Waals surface area contributed by atoms with Crippen LogP contribution in [0.3, 0.4) is 0 Å². The van der Waals surface area contributed by atoms with Crippen molar-refractivity contribution in [3.05, 3.63) is 0 Å². The third-order valence-corrected chi connectivity index (χ3v) is 5.34. The van der Waals surface area contributed by atoms with Crippen molar-refractivity contribution in [2.75, 3.05) is 12.0 Å². The lowest BCUT2D eigenvalue weighted by molar-refractivity contribution is -0.142. The number of carboxylic acid groups (broad SMARTS) is 1. The van der Waals surface area contributed by atoms with E-state index in [1.54, 1.807) is 0 Å². The van der Waals surface area contributed by atoms with Crippen LogP contribution in [0.1, 0.15) is 46.5 Å². The molecule has 13 heteroatoms. The SMILES string of the molecule is CSCCC(NC(=O)C(N)C(C)O)C(=O)NC(CC(C)C)C(=O)NC(CCC(N)=O)C(=O)O. The summed E-state index contributed by atoms with van der Waals surface area (Å²) in [7, 11) is 0. The second-order valence-corrected chi connectivity index (χ2v) is 9.19. The predicted molar refractivity (Wildman–Crippen MR) is 124 cm³/mol. The smallest absolute Gasteiger partial charge is 0.326 e. The molecule has 4 amide bonds. The van der Waals surface area contributed by atoms with E-state index in [1.807, 2.05) is 20.1 Å². The van der Waals surface area contributed by atoms with Crippen LogP contribution >= 0.6 is 11.8 Å². The number of thioether (sulfide) groups is 1. The number of aliphatic hydroxyl groups is 1. The number of carbonyl (C=O) groups excluding carboxylic acids is 4. The molecule has 0 aromatic carbocycles. The van der Waals surface area contributed by atoms with E-state index in [2.05, 4.69) is 16.0 Å². The molecule has 0 radical (unpaired) electrons. The molecule has 0 bridgehead atoms. The van der Waals surface area contributed by atoms with Crippen LogP contribution in [0.2, 0.25) is 0 Å². The number of nitrogens with two attached hydrogens (primary N) is 2. The van der Waals surface area contributed by atoms with Crippen LogP contribution in [0.15, 0.2) is 0 Å². The molecule has 0 aliphatic rings. The minimum Gasteiger partial charge on any atom is -0.480 e. The summed E-state index contributed by atoms with van der Waals surface area (Å²) < 4.78 is 0. The van der Waals surface area contributed by atoms with Crippen molar-refractivity contribution in [3.63, 3.8) is 0 Å². The average Bonchev–Trinajstić information content (AvgIpc) is 2.71. The van der Waals surface area contributed by atoms with Gasteiger partial charge in [-0.2, -0.15) is 11.8 Å². The lowest BCUT2D eigenvalue weighted by Crippen LogP contribution is -2.58. The Bertz CT molecular complexity index is 690. The summed E-state index contributed by atoms with van der Waals surface area (Å²) in [6.07, 6.45) is 0.730. The second kappa shape index (κ2) is 15.5. The summed E-state index contributed by atoms with van der Waals surface area (Å²) in [5.41, 5.74) is 10.7. The van der Waals surface area contributed by atoms with Gasteiger partial charge in [-0.05, 0) is 44.1 Å². The second-order valence-electron chi connectivity index (χ2n) is 8.20. The zero-order valence-corrected chi connectivity index (χ0v) is 20.3. The Balaban J connectivity index is 5.47. The van der Waals surface area contributed by atoms with Gasteiger partial charge in [0, 0.05) is 6.42 Å². The number of nitrogens with one attached hydrogen (secondary N) is 3. The van der Waals surface area contributed by atoms with Gasteiger partial charge < -0.3 is 37.6 Å². The molecular weight excluding hydrogens is 454 g/mol. The Labute approximate surface area is 198 Å². The molecule has 0 aliphatic carbocycles. The Morgan fingerprint density at radius 3 is 1.85 bits per heavy atom. The highest BCUT2D eigenvalue weighted by Gasteiger charge is 2.31. The molecule has 9 N–H and O–H groups in total. The number of primary amides is 1. The van der Waals surface area contributed by atoms with Crippen LogP contribution < -0.4 is 27.4 Å². The van der Waals surface area contributed by atoms with E-state index in [0.717, 1.165) is 0 Å². The van der Waals surface area contributed by atoms with Crippen LogP contribution in [-0.4, -0.2) is 82.1 Å². The fourth-order valence-electron chi connectivity index (χ4n) is 2.78. The first-order valence-electron chi connectivity index (χ1n) is 10.6. The lowest BCUT2D eigenvalue weighted by atomic mass is 10.0. The summed E-state index contributed by atoms with van der Waals surface area (Å²) in [5.74, 6) is -3.63. The van der Waals surface area contributed by atoms with Crippen molar-refractivity contribution < 1.29 is 34.2 Å². The normalized spacial score (nSPS) is 15.6. The number of rotatable bonds is 16. The number of carboxylic acids is 1. The molecule has 5 unspecified atom stereocenters. The van der Waals surface area contributed by atoms with Gasteiger partial charge in [-0.1, -0.05) is 13.8 Å². The van der Waals surface area contributed by atoms with Gasteiger partial charge in [0.05, 0.1) is 6.10 Å². The van der Waals surface area contributed by atoms with Crippen molar-refractivity contribution in [2.24, 2.45) is 17.4 Å². The van der Waals surface area contributed by atoms with E-state index in [9.17, 15) is 34.2 Å². The predicted octanol–water partition coefficient (Wildman–Crippen LogP) is -1.70. The van der Waals surface area contributed by atoms with E-state index < -0.39 is 59.9 Å². The van der Waals surface area contributed by atoms with Crippen molar-refractivity contribution in [1.29, 1.82) is 0 Å². The van der Waals surface area contributed by atoms with Gasteiger partial charge in [0.15, 0.2) is 0 Å². The fraction of sp³-hybridized carbons (Fsp3) is 0.750. The van der Waals surface area contributed by atoms with Crippen molar-refractivity contribution >= 4 is 41.4 Å². The molecule has 0 rings (SSSR count). The number of aliphatic hydroxyl groups excluding tert-OH is 1. The highest BCUT2D eigenvalue weighted by Crippen LogP contribution is 2.09. The Morgan fingerprint density at radius 1 is 0.879 bits per heavy atom. The first kappa shape index (κ1) is 30.6. The molecule has 0 heterocycles. The molecule has 33 heavy (non-hydrogen) atoms. The maximum absolute atomic E-state index is 12.9. The van der Waals surface area contributed by atoms with Crippen LogP contribution in [0.4, 0.5) is 0 Å². The van der Waals surface area contributed by atoms with E-state index >= 15 is 0 Å². The summed E-state index contributed by atoms with van der Waals surface area (Å²) in [5, 5.41) is 26.3. The van der Waals surface area contributed by atoms with Gasteiger partial charge in [0.2, 0.25) is 23.6 Å². The van der Waals surface area contributed by atoms with Gasteiger partial charge in [-0.3, -0.25) is 19.2 Å². The molecule has 0 aromatic rings. The van der Waals surface area contributed by atoms with Crippen molar-refractivity contribution in [3.8, 4) is 0 Å². The number of hydrogen-bond donors (Lipinski definition) is 7. The highest BCUT2D eigenvalue weighted by atomic mass is 32.2. The molecular formula is C20H37N5O7S. The zero-order valence-electron chi connectivity index (χ0n) is 19.5. The van der Waals surface area contributed by atoms with Gasteiger partial charge in [-0.15, -0.1) is 0 Å². The molecule has 0 aromatic heterocycles. The van der Waals surface area contributed by atoms with Gasteiger partial charge >= 0.3 is 5.97 Å². The first-order chi connectivity index (χ1) is 15.3. The average molecular weight is 492 g/mol. The molecule has 0 aliphatic heterocycles. The molecule has 190 valence electrons. The van der Waals surface area contributed by atoms with Gasteiger partial charge in [0.1, 0.15) is 24.2 Å². The Hall–Kier alpha value is -2.38. The maximum atomic E-state index is 12.9. The van der Waals surface area contributed by atoms with E-state index in [0.29, 0.717) is 5.75 Å². The third-order valence-electron chi connectivity index (χ3n) is 4.70. The van der Waals surface area contributed by atoms with E-state index in [-0.39, 0.29) is 31.6 Å². The Kier molecular flexibility index (Phi) is 14.3. The first-order valence-corrected chi connectivity index (χ1v) is 12.0. The maximum Gasteiger partial charge on any atom is 0.326 e. The molecule has 12 nitrogen and oxygen atoms in total. The number of amides is 4. The zero-order chi connectivity index (χ0) is 25.7. The largest absolute Gasteiger partial charge is 0.480 e. The molecule has 0 fully saturated rings. The van der Waals surface area contributed by atoms with Crippen LogP contribution in [-0.2, 0) is 24.0 Å². The molecule has 0 spiro atoms. The Morgan fingerprint density at radius 2 is 1.39 bits per heavy atom. The number of carbonyl (C=O) groups is 5. The molecule has 5 atom stereocenters. The van der Waals surface area contributed by atoms with E-state index in [4.69, 9.17) is 11.5 Å². The van der Waals surface area contributed by atoms with Crippen LogP contribution in [0.25, 0.3) is 0 Å². The minimum absolute atomic E-state index is 0.0298. The third kappa shape index (κ3) is 12.4. The topological polar surface area (TPSA) is 214 Å². The molecule has 0 saturated carbocycles. The van der Waals surface area contributed by atoms with Gasteiger partial charge in [0.25, 0.3) is 0 Å². The van der Waals surface area contributed by atoms with Crippen molar-refractivity contribution in [1.82, 2.24) is 16.0 Å². The quantitative estimate of drug-likeness (QED) is 0.131. The van der Waals surface area contributed by atoms with E-state index in [1.165, 1.54) is 18.7 Å². The standard InChI is InChI=1S/C20H37N5O7S/c1-10(2)9-14(18(29)24-13(20(31)32)5-6-15(21)27)25-17(28)12(7-8-33-4)23-19(30)16(22)11(3)26/h10-14,16,26H,5-9,22H2,1-4H3,(H2,21,27)(H,23,30)(H,24,29)(H,25,28)(H,31,32). The monoisotopic (exact) mass is 491 g/mol. The number of aliphatic carboxylic acids is 1. The summed E-state index contributed by atoms with van der Waals surface area (Å²) in [6, 6.07) is -4.67. The summed E-state index contributed by atoms with van der Waals surface area (Å²) in [4.78, 5) is 60.4. The number of hydrogen-bond acceptors (Lipinski definition) is 8. The van der Waals surface area contributed by atoms with Crippen LogP contribution in [0.5, 0.6) is 0 Å². The van der Waals surface area contributed by atoms with Crippen molar-refractivity contribution in [2.45, 2.75) is 76.7 Å². The fourth-order valence-corrected chi connectivity index (χ4v) is 3.25.